The molecule has 0 saturated carbocycles. The molecule has 0 bridgehead atoms. The highest BCUT2D eigenvalue weighted by atomic mass is 19.1. The number of hydrogen-bond acceptors (Lipinski definition) is 6. The second-order valence-electron chi connectivity index (χ2n) is 7.08. The van der Waals surface area contributed by atoms with Crippen LogP contribution in [0.3, 0.4) is 0 Å². The minimum Gasteiger partial charge on any atom is -0.505 e. The topological polar surface area (TPSA) is 105 Å². The third kappa shape index (κ3) is 3.85. The second-order valence-corrected chi connectivity index (χ2v) is 7.08. The van der Waals surface area contributed by atoms with Crippen molar-refractivity contribution < 1.29 is 28.6 Å². The molecule has 1 fully saturated rings. The Bertz CT molecular complexity index is 1100. The number of nitrogens with one attached hydrogen (secondary N) is 1. The first-order chi connectivity index (χ1) is 15.0. The molecule has 1 unspecified atom stereocenters. The van der Waals surface area contributed by atoms with Gasteiger partial charge in [0.1, 0.15) is 28.8 Å². The molecule has 1 atom stereocenters. The van der Waals surface area contributed by atoms with Gasteiger partial charge in [0.05, 0.1) is 11.7 Å². The fraction of sp³-hybridized carbons (Fsp3) is 0.227. The SMILES string of the molecule is O=C(NO)c1nc(-c2c(F)cccc2F)c(O)c(C2CCCCO2)c1-c1cccnc1. The van der Waals surface area contributed by atoms with Crippen LogP contribution in [0.1, 0.15) is 41.4 Å². The number of carbonyl (C=O) groups excluding carboxylic acids is 1. The molecule has 0 aliphatic carbocycles. The number of pyridine rings is 2. The normalized spacial score (nSPS) is 16.2. The standard InChI is InChI=1S/C22H19F2N3O4/c23-13-6-3-7-14(24)17(13)19-21(28)18(15-8-1-2-10-31-15)16(12-5-4-9-25-11-12)20(26-19)22(29)27-30/h3-7,9,11,15,28,30H,1-2,8,10H2,(H,27,29). The van der Waals surface area contributed by atoms with Gasteiger partial charge >= 0.3 is 0 Å². The van der Waals surface area contributed by atoms with E-state index in [1.807, 2.05) is 0 Å². The van der Waals surface area contributed by atoms with Gasteiger partial charge in [0.25, 0.3) is 5.91 Å². The van der Waals surface area contributed by atoms with Gasteiger partial charge in [-0.15, -0.1) is 0 Å². The molecule has 4 rings (SSSR count). The van der Waals surface area contributed by atoms with E-state index >= 15 is 0 Å². The maximum Gasteiger partial charge on any atom is 0.293 e. The van der Waals surface area contributed by atoms with Gasteiger partial charge in [-0.2, -0.15) is 0 Å². The highest BCUT2D eigenvalue weighted by Crippen LogP contribution is 2.46. The Labute approximate surface area is 176 Å². The van der Waals surface area contributed by atoms with Gasteiger partial charge in [-0.3, -0.25) is 15.0 Å². The third-order valence-corrected chi connectivity index (χ3v) is 5.18. The number of aromatic hydroxyl groups is 1. The zero-order valence-electron chi connectivity index (χ0n) is 16.3. The van der Waals surface area contributed by atoms with Crippen LogP contribution in [0.25, 0.3) is 22.4 Å². The molecule has 1 aromatic carbocycles. The van der Waals surface area contributed by atoms with E-state index in [0.717, 1.165) is 25.0 Å². The molecule has 3 heterocycles. The van der Waals surface area contributed by atoms with Gasteiger partial charge in [0, 0.05) is 35.7 Å². The van der Waals surface area contributed by atoms with Crippen LogP contribution < -0.4 is 5.48 Å². The minimum absolute atomic E-state index is 0.166. The number of hydroxylamine groups is 1. The van der Waals surface area contributed by atoms with Gasteiger partial charge in [-0.1, -0.05) is 12.1 Å². The number of aromatic nitrogens is 2. The number of ether oxygens (including phenoxy) is 1. The van der Waals surface area contributed by atoms with Crippen molar-refractivity contribution in [3.63, 3.8) is 0 Å². The summed E-state index contributed by atoms with van der Waals surface area (Å²) in [6.07, 6.45) is 4.48. The van der Waals surface area contributed by atoms with Crippen molar-refractivity contribution in [1.82, 2.24) is 15.4 Å². The Kier molecular flexibility index (Phi) is 5.88. The Balaban J connectivity index is 2.09. The highest BCUT2D eigenvalue weighted by Gasteiger charge is 2.32. The summed E-state index contributed by atoms with van der Waals surface area (Å²) in [4.78, 5) is 20.7. The van der Waals surface area contributed by atoms with Crippen LogP contribution in [0.5, 0.6) is 5.75 Å². The summed E-state index contributed by atoms with van der Waals surface area (Å²) >= 11 is 0. The highest BCUT2D eigenvalue weighted by molar-refractivity contribution is 6.01. The van der Waals surface area contributed by atoms with E-state index in [-0.39, 0.29) is 16.8 Å². The van der Waals surface area contributed by atoms with Gasteiger partial charge in [-0.25, -0.2) is 19.2 Å². The van der Waals surface area contributed by atoms with Crippen molar-refractivity contribution in [2.45, 2.75) is 25.4 Å². The van der Waals surface area contributed by atoms with Crippen molar-refractivity contribution >= 4 is 5.91 Å². The number of rotatable bonds is 4. The summed E-state index contributed by atoms with van der Waals surface area (Å²) in [5.74, 6) is -3.41. The molecule has 0 radical (unpaired) electrons. The van der Waals surface area contributed by atoms with Gasteiger partial charge in [-0.05, 0) is 37.5 Å². The number of amides is 1. The first-order valence-electron chi connectivity index (χ1n) is 9.70. The van der Waals surface area contributed by atoms with E-state index in [1.165, 1.54) is 23.9 Å². The molecule has 1 aliphatic rings. The predicted octanol–water partition coefficient (Wildman–Crippen LogP) is 4.16. The van der Waals surface area contributed by atoms with Crippen LogP contribution in [0.15, 0.2) is 42.7 Å². The van der Waals surface area contributed by atoms with Gasteiger partial charge in [0.15, 0.2) is 0 Å². The summed E-state index contributed by atoms with van der Waals surface area (Å²) in [7, 11) is 0. The fourth-order valence-corrected chi connectivity index (χ4v) is 3.79. The van der Waals surface area contributed by atoms with Crippen molar-refractivity contribution in [1.29, 1.82) is 0 Å². The molecule has 3 N–H and O–H groups in total. The summed E-state index contributed by atoms with van der Waals surface area (Å²) in [5.41, 5.74) is 0.920. The summed E-state index contributed by atoms with van der Waals surface area (Å²) in [5, 5.41) is 20.5. The number of carbonyl (C=O) groups is 1. The van der Waals surface area contributed by atoms with E-state index in [1.54, 1.807) is 12.1 Å². The Morgan fingerprint density at radius 2 is 1.90 bits per heavy atom. The van der Waals surface area contributed by atoms with Crippen molar-refractivity contribution in [3.05, 3.63) is 65.6 Å². The number of hydrogen-bond donors (Lipinski definition) is 3. The summed E-state index contributed by atoms with van der Waals surface area (Å²) in [6.45, 7) is 0.420. The van der Waals surface area contributed by atoms with E-state index in [2.05, 4.69) is 9.97 Å². The lowest BCUT2D eigenvalue weighted by molar-refractivity contribution is 0.0139. The van der Waals surface area contributed by atoms with Crippen LogP contribution in [0, 0.1) is 11.6 Å². The Morgan fingerprint density at radius 1 is 1.13 bits per heavy atom. The van der Waals surface area contributed by atoms with E-state index in [0.29, 0.717) is 18.6 Å². The molecule has 1 saturated heterocycles. The molecule has 9 heteroatoms. The Hall–Kier alpha value is -3.43. The quantitative estimate of drug-likeness (QED) is 0.427. The van der Waals surface area contributed by atoms with Crippen LogP contribution in [-0.4, -0.2) is 32.8 Å². The van der Waals surface area contributed by atoms with Crippen LogP contribution in [0.4, 0.5) is 8.78 Å². The van der Waals surface area contributed by atoms with Gasteiger partial charge < -0.3 is 9.84 Å². The monoisotopic (exact) mass is 427 g/mol. The molecular formula is C22H19F2N3O4. The zero-order chi connectivity index (χ0) is 22.0. The smallest absolute Gasteiger partial charge is 0.293 e. The number of halogens is 2. The molecule has 2 aromatic heterocycles. The lowest BCUT2D eigenvalue weighted by Gasteiger charge is -2.27. The largest absolute Gasteiger partial charge is 0.505 e. The van der Waals surface area contributed by atoms with Crippen molar-refractivity contribution in [2.24, 2.45) is 0 Å². The molecule has 0 spiro atoms. The van der Waals surface area contributed by atoms with E-state index < -0.39 is 40.7 Å². The van der Waals surface area contributed by atoms with Crippen molar-refractivity contribution in [3.8, 4) is 28.1 Å². The average molecular weight is 427 g/mol. The number of nitrogens with zero attached hydrogens (tertiary/aromatic N) is 2. The van der Waals surface area contributed by atoms with Crippen LogP contribution >= 0.6 is 0 Å². The van der Waals surface area contributed by atoms with Crippen molar-refractivity contribution in [2.75, 3.05) is 6.61 Å². The Morgan fingerprint density at radius 3 is 2.52 bits per heavy atom. The van der Waals surface area contributed by atoms with Crippen LogP contribution in [0.2, 0.25) is 0 Å². The summed E-state index contributed by atoms with van der Waals surface area (Å²) < 4.78 is 34.9. The summed E-state index contributed by atoms with van der Waals surface area (Å²) in [6, 6.07) is 6.51. The van der Waals surface area contributed by atoms with E-state index in [4.69, 9.17) is 4.74 Å². The maximum absolute atomic E-state index is 14.5. The number of benzene rings is 1. The zero-order valence-corrected chi connectivity index (χ0v) is 16.3. The average Bonchev–Trinajstić information content (AvgIpc) is 2.80. The van der Waals surface area contributed by atoms with Gasteiger partial charge in [0.2, 0.25) is 0 Å². The molecule has 7 nitrogen and oxygen atoms in total. The first-order valence-corrected chi connectivity index (χ1v) is 9.70. The second kappa shape index (κ2) is 8.75. The lowest BCUT2D eigenvalue weighted by atomic mass is 9.89. The molecule has 1 aliphatic heterocycles. The minimum atomic E-state index is -1.01. The molecular weight excluding hydrogens is 408 g/mol. The van der Waals surface area contributed by atoms with Crippen LogP contribution in [-0.2, 0) is 4.74 Å². The molecule has 160 valence electrons. The maximum atomic E-state index is 14.5. The third-order valence-electron chi connectivity index (χ3n) is 5.18. The molecule has 1 amide bonds. The lowest BCUT2D eigenvalue weighted by Crippen LogP contribution is -2.23. The molecule has 31 heavy (non-hydrogen) atoms. The molecule has 3 aromatic rings. The fourth-order valence-electron chi connectivity index (χ4n) is 3.79. The first kappa shape index (κ1) is 20.8. The predicted molar refractivity (Wildman–Crippen MR) is 106 cm³/mol. The van der Waals surface area contributed by atoms with E-state index in [9.17, 15) is 23.9 Å².